The maximum Gasteiger partial charge on any atom is 0.143 e. The van der Waals surface area contributed by atoms with Crippen LogP contribution in [-0.4, -0.2) is 43.6 Å². The lowest BCUT2D eigenvalue weighted by Gasteiger charge is -2.44. The van der Waals surface area contributed by atoms with E-state index in [9.17, 15) is 0 Å². The number of rotatable bonds is 4. The van der Waals surface area contributed by atoms with Crippen LogP contribution >= 0.6 is 0 Å². The summed E-state index contributed by atoms with van der Waals surface area (Å²) in [5.74, 6) is 2.70. The minimum absolute atomic E-state index is 0.0270. The van der Waals surface area contributed by atoms with Crippen molar-refractivity contribution in [2.45, 2.75) is 77.3 Å². The Hall–Kier alpha value is -1.75. The van der Waals surface area contributed by atoms with Crippen LogP contribution in [0, 0.1) is 5.92 Å². The van der Waals surface area contributed by atoms with Gasteiger partial charge in [-0.25, -0.2) is 15.0 Å². The number of fused-ring (bicyclic) bond motifs is 1. The maximum absolute atomic E-state index is 4.60. The summed E-state index contributed by atoms with van der Waals surface area (Å²) in [6, 6.07) is 0.814. The summed E-state index contributed by atoms with van der Waals surface area (Å²) in [5, 5.41) is 0. The number of piperidine rings is 2. The number of aryl methyl sites for hydroxylation is 1. The molecule has 4 rings (SSSR count). The van der Waals surface area contributed by atoms with Gasteiger partial charge in [0.05, 0.1) is 5.56 Å². The molecule has 0 radical (unpaired) electrons. The van der Waals surface area contributed by atoms with Crippen LogP contribution in [0.2, 0.25) is 0 Å². The normalized spacial score (nSPS) is 24.0. The van der Waals surface area contributed by atoms with Gasteiger partial charge in [-0.2, -0.15) is 0 Å². The molecule has 0 amide bonds. The van der Waals surface area contributed by atoms with Crippen LogP contribution in [0.25, 0.3) is 11.4 Å². The Balaban J connectivity index is 1.44. The minimum Gasteiger partial charge on any atom is -0.331 e. The van der Waals surface area contributed by atoms with Crippen molar-refractivity contribution in [3.63, 3.8) is 0 Å². The lowest BCUT2D eigenvalue weighted by molar-refractivity contribution is 0.0539. The zero-order valence-corrected chi connectivity index (χ0v) is 17.1. The number of imidazole rings is 1. The Morgan fingerprint density at radius 1 is 1.00 bits per heavy atom. The van der Waals surface area contributed by atoms with E-state index in [4.69, 9.17) is 0 Å². The number of hydrogen-bond donors (Lipinski definition) is 0. The molecule has 0 bridgehead atoms. The molecule has 2 aliphatic heterocycles. The Bertz CT molecular complexity index is 741. The van der Waals surface area contributed by atoms with Crippen molar-refractivity contribution in [3.05, 3.63) is 30.6 Å². The van der Waals surface area contributed by atoms with Crippen molar-refractivity contribution < 1.29 is 0 Å². The Morgan fingerprint density at radius 3 is 2.56 bits per heavy atom. The Kier molecular flexibility index (Phi) is 5.31. The largest absolute Gasteiger partial charge is 0.331 e. The molecule has 0 saturated carbocycles. The fraction of sp³-hybridized carbons (Fsp3) is 0.682. The summed E-state index contributed by atoms with van der Waals surface area (Å²) in [7, 11) is 0. The first-order chi connectivity index (χ1) is 13.0. The zero-order chi connectivity index (χ0) is 18.9. The smallest absolute Gasteiger partial charge is 0.143 e. The van der Waals surface area contributed by atoms with E-state index in [0.29, 0.717) is 0 Å². The fourth-order valence-corrected chi connectivity index (χ4v) is 4.80. The molecule has 2 saturated heterocycles. The second-order valence-corrected chi connectivity index (χ2v) is 9.28. The average Bonchev–Trinajstić information content (AvgIpc) is 3.14. The topological polar surface area (TPSA) is 46.8 Å². The SMILES string of the molecule is CC(C)(C)c1ncc(-c2nccn2CC[C@@H]2CCCN3CCCC[C@H]23)cn1. The van der Waals surface area contributed by atoms with Gasteiger partial charge in [0.1, 0.15) is 11.6 Å². The van der Waals surface area contributed by atoms with Gasteiger partial charge in [-0.3, -0.25) is 0 Å². The standard InChI is InChI=1S/C22H33N5/c1-22(2,3)21-24-15-18(16-25-21)20-23-10-14-27(20)13-9-17-7-6-12-26-11-5-4-8-19(17)26/h10,14-17,19H,4-9,11-13H2,1-3H3/t17-,19+/m0/s1. The maximum atomic E-state index is 4.60. The van der Waals surface area contributed by atoms with Gasteiger partial charge >= 0.3 is 0 Å². The minimum atomic E-state index is -0.0270. The molecule has 0 aromatic carbocycles. The first kappa shape index (κ1) is 18.6. The van der Waals surface area contributed by atoms with Crippen molar-refractivity contribution in [1.29, 1.82) is 0 Å². The summed E-state index contributed by atoms with van der Waals surface area (Å²) in [6.45, 7) is 10.1. The van der Waals surface area contributed by atoms with Gasteiger partial charge in [-0.15, -0.1) is 0 Å². The molecule has 146 valence electrons. The van der Waals surface area contributed by atoms with Crippen LogP contribution in [0.5, 0.6) is 0 Å². The van der Waals surface area contributed by atoms with Crippen LogP contribution < -0.4 is 0 Å². The number of nitrogens with zero attached hydrogens (tertiary/aromatic N) is 5. The third-order valence-electron chi connectivity index (χ3n) is 6.27. The summed E-state index contributed by atoms with van der Waals surface area (Å²) < 4.78 is 2.29. The van der Waals surface area contributed by atoms with Crippen molar-refractivity contribution in [2.24, 2.45) is 5.92 Å². The quantitative estimate of drug-likeness (QED) is 0.809. The van der Waals surface area contributed by atoms with Crippen molar-refractivity contribution in [1.82, 2.24) is 24.4 Å². The predicted molar refractivity (Wildman–Crippen MR) is 109 cm³/mol. The monoisotopic (exact) mass is 367 g/mol. The van der Waals surface area contributed by atoms with Crippen LogP contribution in [0.15, 0.2) is 24.8 Å². The highest BCUT2D eigenvalue weighted by molar-refractivity contribution is 5.52. The second-order valence-electron chi connectivity index (χ2n) is 9.28. The zero-order valence-electron chi connectivity index (χ0n) is 17.1. The summed E-state index contributed by atoms with van der Waals surface area (Å²) in [6.07, 6.45) is 16.0. The molecular weight excluding hydrogens is 334 g/mol. The lowest BCUT2D eigenvalue weighted by Crippen LogP contribution is -2.48. The molecule has 0 unspecified atom stereocenters. The molecule has 2 aliphatic rings. The van der Waals surface area contributed by atoms with Crippen LogP contribution in [-0.2, 0) is 12.0 Å². The summed E-state index contributed by atoms with van der Waals surface area (Å²) >= 11 is 0. The van der Waals surface area contributed by atoms with E-state index in [0.717, 1.165) is 35.7 Å². The third-order valence-corrected chi connectivity index (χ3v) is 6.27. The highest BCUT2D eigenvalue weighted by atomic mass is 15.2. The van der Waals surface area contributed by atoms with E-state index < -0.39 is 0 Å². The first-order valence-electron chi connectivity index (χ1n) is 10.6. The molecule has 0 spiro atoms. The number of hydrogen-bond acceptors (Lipinski definition) is 4. The molecule has 5 nitrogen and oxygen atoms in total. The van der Waals surface area contributed by atoms with E-state index in [2.05, 4.69) is 51.4 Å². The fourth-order valence-electron chi connectivity index (χ4n) is 4.80. The molecular formula is C22H33N5. The van der Waals surface area contributed by atoms with E-state index in [1.165, 1.54) is 51.6 Å². The molecule has 2 aromatic rings. The Morgan fingerprint density at radius 2 is 1.78 bits per heavy atom. The second kappa shape index (κ2) is 7.70. The van der Waals surface area contributed by atoms with E-state index in [1.54, 1.807) is 0 Å². The first-order valence-corrected chi connectivity index (χ1v) is 10.6. The van der Waals surface area contributed by atoms with Crippen LogP contribution in [0.4, 0.5) is 0 Å². The third kappa shape index (κ3) is 4.08. The molecule has 27 heavy (non-hydrogen) atoms. The molecule has 2 atom stereocenters. The van der Waals surface area contributed by atoms with Gasteiger partial charge in [0.2, 0.25) is 0 Å². The van der Waals surface area contributed by atoms with Crippen LogP contribution in [0.1, 0.15) is 65.1 Å². The van der Waals surface area contributed by atoms with E-state index in [1.807, 2.05) is 18.6 Å². The van der Waals surface area contributed by atoms with Crippen molar-refractivity contribution in [3.8, 4) is 11.4 Å². The lowest BCUT2D eigenvalue weighted by atomic mass is 9.81. The van der Waals surface area contributed by atoms with Gasteiger partial charge in [-0.05, 0) is 51.1 Å². The summed E-state index contributed by atoms with van der Waals surface area (Å²) in [4.78, 5) is 16.5. The summed E-state index contributed by atoms with van der Waals surface area (Å²) in [5.41, 5.74) is 0.983. The van der Waals surface area contributed by atoms with E-state index >= 15 is 0 Å². The molecule has 2 fully saturated rings. The molecule has 4 heterocycles. The predicted octanol–water partition coefficient (Wildman–Crippen LogP) is 4.29. The molecule has 0 aliphatic carbocycles. The molecule has 2 aromatic heterocycles. The van der Waals surface area contributed by atoms with Crippen molar-refractivity contribution in [2.75, 3.05) is 13.1 Å². The molecule has 0 N–H and O–H groups in total. The van der Waals surface area contributed by atoms with Gasteiger partial charge in [0.25, 0.3) is 0 Å². The number of aromatic nitrogens is 4. The highest BCUT2D eigenvalue weighted by Gasteiger charge is 2.32. The van der Waals surface area contributed by atoms with E-state index in [-0.39, 0.29) is 5.41 Å². The molecule has 5 heteroatoms. The van der Waals surface area contributed by atoms with Crippen molar-refractivity contribution >= 4 is 0 Å². The van der Waals surface area contributed by atoms with Crippen LogP contribution in [0.3, 0.4) is 0 Å². The van der Waals surface area contributed by atoms with Gasteiger partial charge in [0.15, 0.2) is 0 Å². The average molecular weight is 368 g/mol. The van der Waals surface area contributed by atoms with Gasteiger partial charge in [0, 0.05) is 42.8 Å². The Labute approximate surface area is 163 Å². The van der Waals surface area contributed by atoms with Gasteiger partial charge < -0.3 is 9.47 Å². The highest BCUT2D eigenvalue weighted by Crippen LogP contribution is 2.33. The van der Waals surface area contributed by atoms with Gasteiger partial charge in [-0.1, -0.05) is 27.2 Å².